The van der Waals surface area contributed by atoms with Gasteiger partial charge in [0.05, 0.1) is 26.2 Å². The number of hydrogen-bond acceptors (Lipinski definition) is 4. The molecule has 88 valence electrons. The Morgan fingerprint density at radius 3 is 2.06 bits per heavy atom. The lowest BCUT2D eigenvalue weighted by Crippen LogP contribution is -2.46. The highest BCUT2D eigenvalue weighted by molar-refractivity contribution is 5.88. The summed E-state index contributed by atoms with van der Waals surface area (Å²) in [5.74, 6) is 0.381. The van der Waals surface area contributed by atoms with Crippen molar-refractivity contribution < 1.29 is 14.4 Å². The van der Waals surface area contributed by atoms with Crippen molar-refractivity contribution in [3.05, 3.63) is 0 Å². The van der Waals surface area contributed by atoms with E-state index in [4.69, 9.17) is 17.9 Å². The molecule has 0 aromatic heterocycles. The van der Waals surface area contributed by atoms with Crippen molar-refractivity contribution in [2.45, 2.75) is 0 Å². The largest absolute Gasteiger partial charge is 0.368 e. The first-order chi connectivity index (χ1) is 7.47. The second-order valence-electron chi connectivity index (χ2n) is 2.99. The third kappa shape index (κ3) is 6.39. The summed E-state index contributed by atoms with van der Waals surface area (Å²) in [6, 6.07) is 0. The molecule has 0 aromatic rings. The summed E-state index contributed by atoms with van der Waals surface area (Å²) >= 11 is 0. The second-order valence-corrected chi connectivity index (χ2v) is 2.99. The van der Waals surface area contributed by atoms with Crippen molar-refractivity contribution in [1.29, 1.82) is 0 Å². The molecule has 0 fully saturated rings. The normalized spacial score (nSPS) is 9.19. The van der Waals surface area contributed by atoms with Gasteiger partial charge in [0.15, 0.2) is 0 Å². The van der Waals surface area contributed by atoms with Gasteiger partial charge in [-0.05, 0) is 0 Å². The Balaban J connectivity index is 4.26. The van der Waals surface area contributed by atoms with E-state index in [9.17, 15) is 14.4 Å². The molecule has 0 atom stereocenters. The number of rotatable bonds is 7. The summed E-state index contributed by atoms with van der Waals surface area (Å²) < 4.78 is 0. The van der Waals surface area contributed by atoms with Gasteiger partial charge in [0, 0.05) is 0 Å². The van der Waals surface area contributed by atoms with E-state index in [-0.39, 0.29) is 26.2 Å². The first-order valence-corrected chi connectivity index (χ1v) is 4.46. The number of nitrogens with two attached hydrogens (primary N) is 2. The second kappa shape index (κ2) is 7.25. The minimum atomic E-state index is -0.716. The molecule has 0 bridgehead atoms. The maximum Gasteiger partial charge on any atom is 0.237 e. The maximum absolute atomic E-state index is 11.5. The fourth-order valence-electron chi connectivity index (χ4n) is 0.962. The quantitative estimate of drug-likeness (QED) is 0.317. The molecule has 7 heteroatoms. The molecule has 0 saturated heterocycles. The van der Waals surface area contributed by atoms with Crippen LogP contribution in [-0.4, -0.2) is 48.8 Å². The summed E-state index contributed by atoms with van der Waals surface area (Å²) in [6.07, 6.45) is 4.97. The molecular weight excluding hydrogens is 212 g/mol. The van der Waals surface area contributed by atoms with Gasteiger partial charge in [-0.15, -0.1) is 6.42 Å². The number of carbonyl (C=O) groups excluding carboxylic acids is 3. The molecule has 5 N–H and O–H groups in total. The minimum absolute atomic E-state index is 0.0786. The van der Waals surface area contributed by atoms with Crippen molar-refractivity contribution in [3.8, 4) is 12.3 Å². The van der Waals surface area contributed by atoms with E-state index < -0.39 is 17.7 Å². The van der Waals surface area contributed by atoms with Crippen molar-refractivity contribution >= 4 is 17.7 Å². The molecule has 0 rings (SSSR count). The van der Waals surface area contributed by atoms with E-state index in [0.29, 0.717) is 0 Å². The lowest BCUT2D eigenvalue weighted by atomic mass is 10.4. The van der Waals surface area contributed by atoms with Crippen LogP contribution in [0, 0.1) is 12.3 Å². The highest BCUT2D eigenvalue weighted by Crippen LogP contribution is 1.88. The Labute approximate surface area is 93.1 Å². The van der Waals surface area contributed by atoms with Crippen LogP contribution in [0.4, 0.5) is 0 Å². The van der Waals surface area contributed by atoms with E-state index in [2.05, 4.69) is 11.2 Å². The average molecular weight is 226 g/mol. The van der Waals surface area contributed by atoms with E-state index in [0.717, 1.165) is 4.90 Å². The standard InChI is InChI=1S/C9H14N4O3/c1-2-3-12-4-9(16)13(5-7(10)14)6-8(11)15/h1,12H,3-6H2,(H2,10,14)(H2,11,15). The van der Waals surface area contributed by atoms with Gasteiger partial charge >= 0.3 is 0 Å². The molecule has 0 spiro atoms. The van der Waals surface area contributed by atoms with Crippen LogP contribution in [0.5, 0.6) is 0 Å². The number of hydrogen-bond donors (Lipinski definition) is 3. The third-order valence-electron chi connectivity index (χ3n) is 1.55. The zero-order valence-electron chi connectivity index (χ0n) is 8.73. The fraction of sp³-hybridized carbons (Fsp3) is 0.444. The van der Waals surface area contributed by atoms with Crippen molar-refractivity contribution in [2.24, 2.45) is 11.5 Å². The molecule has 0 radical (unpaired) electrons. The number of amides is 3. The zero-order valence-corrected chi connectivity index (χ0v) is 8.73. The third-order valence-corrected chi connectivity index (χ3v) is 1.55. The number of nitrogens with one attached hydrogen (secondary N) is 1. The number of nitrogens with zero attached hydrogens (tertiary/aromatic N) is 1. The number of terminal acetylenes is 1. The van der Waals surface area contributed by atoms with Crippen LogP contribution < -0.4 is 16.8 Å². The summed E-state index contributed by atoms with van der Waals surface area (Å²) in [5, 5.41) is 2.63. The van der Waals surface area contributed by atoms with Crippen LogP contribution >= 0.6 is 0 Å². The number of primary amides is 2. The van der Waals surface area contributed by atoms with E-state index in [1.165, 1.54) is 0 Å². The highest BCUT2D eigenvalue weighted by Gasteiger charge is 2.16. The van der Waals surface area contributed by atoms with Gasteiger partial charge in [-0.1, -0.05) is 5.92 Å². The Bertz CT molecular complexity index is 305. The molecule has 0 aliphatic heterocycles. The van der Waals surface area contributed by atoms with Gasteiger partial charge < -0.3 is 16.4 Å². The Hall–Kier alpha value is -2.07. The molecule has 3 amide bonds. The molecular formula is C9H14N4O3. The topological polar surface area (TPSA) is 119 Å². The van der Waals surface area contributed by atoms with Crippen LogP contribution in [0.25, 0.3) is 0 Å². The van der Waals surface area contributed by atoms with Gasteiger partial charge in [0.2, 0.25) is 17.7 Å². The SMILES string of the molecule is C#CCNCC(=O)N(CC(N)=O)CC(N)=O. The van der Waals surface area contributed by atoms with Crippen molar-refractivity contribution in [3.63, 3.8) is 0 Å². The van der Waals surface area contributed by atoms with Gasteiger partial charge in [0.1, 0.15) is 0 Å². The summed E-state index contributed by atoms with van der Waals surface area (Å²) in [7, 11) is 0. The molecule has 0 aliphatic rings. The lowest BCUT2D eigenvalue weighted by molar-refractivity contribution is -0.137. The van der Waals surface area contributed by atoms with Gasteiger partial charge in [-0.25, -0.2) is 0 Å². The van der Waals surface area contributed by atoms with Gasteiger partial charge in [0.25, 0.3) is 0 Å². The predicted octanol–water partition coefficient (Wildman–Crippen LogP) is -2.99. The van der Waals surface area contributed by atoms with E-state index in [1.54, 1.807) is 0 Å². The zero-order chi connectivity index (χ0) is 12.6. The van der Waals surface area contributed by atoms with Crippen LogP contribution in [0.2, 0.25) is 0 Å². The van der Waals surface area contributed by atoms with E-state index in [1.807, 2.05) is 0 Å². The molecule has 0 unspecified atom stereocenters. The van der Waals surface area contributed by atoms with Gasteiger partial charge in [-0.2, -0.15) is 0 Å². The molecule has 0 aromatic carbocycles. The predicted molar refractivity (Wildman–Crippen MR) is 56.7 cm³/mol. The average Bonchev–Trinajstić information content (AvgIpc) is 2.15. The lowest BCUT2D eigenvalue weighted by Gasteiger charge is -2.19. The fourth-order valence-corrected chi connectivity index (χ4v) is 0.962. The molecule has 16 heavy (non-hydrogen) atoms. The van der Waals surface area contributed by atoms with Crippen molar-refractivity contribution in [2.75, 3.05) is 26.2 Å². The smallest absolute Gasteiger partial charge is 0.237 e. The van der Waals surface area contributed by atoms with E-state index >= 15 is 0 Å². The molecule has 7 nitrogen and oxygen atoms in total. The number of carbonyl (C=O) groups is 3. The Morgan fingerprint density at radius 1 is 1.19 bits per heavy atom. The van der Waals surface area contributed by atoms with Gasteiger partial charge in [-0.3, -0.25) is 19.7 Å². The van der Waals surface area contributed by atoms with Crippen molar-refractivity contribution in [1.82, 2.24) is 10.2 Å². The molecule has 0 aliphatic carbocycles. The first kappa shape index (κ1) is 13.9. The summed E-state index contributed by atoms with van der Waals surface area (Å²) in [6.45, 7) is -0.559. The summed E-state index contributed by atoms with van der Waals surface area (Å²) in [5.41, 5.74) is 9.85. The molecule has 0 heterocycles. The highest BCUT2D eigenvalue weighted by atomic mass is 16.2. The maximum atomic E-state index is 11.5. The monoisotopic (exact) mass is 226 g/mol. The first-order valence-electron chi connectivity index (χ1n) is 4.46. The van der Waals surface area contributed by atoms with Crippen LogP contribution in [0.1, 0.15) is 0 Å². The van der Waals surface area contributed by atoms with Crippen LogP contribution in [-0.2, 0) is 14.4 Å². The summed E-state index contributed by atoms with van der Waals surface area (Å²) in [4.78, 5) is 33.7. The minimum Gasteiger partial charge on any atom is -0.368 e. The van der Waals surface area contributed by atoms with Crippen LogP contribution in [0.15, 0.2) is 0 Å². The van der Waals surface area contributed by atoms with Crippen LogP contribution in [0.3, 0.4) is 0 Å². The Morgan fingerprint density at radius 2 is 1.69 bits per heavy atom. The Kier molecular flexibility index (Phi) is 6.31. The molecule has 0 saturated carbocycles.